The molecule has 4 rings (SSSR count). The second-order valence-electron chi connectivity index (χ2n) is 6.10. The van der Waals surface area contributed by atoms with Gasteiger partial charge in [0.1, 0.15) is 5.75 Å². The largest absolute Gasteiger partial charge is 0.495 e. The van der Waals surface area contributed by atoms with Crippen LogP contribution in [0.15, 0.2) is 75.9 Å². The first kappa shape index (κ1) is 18.3. The Labute approximate surface area is 166 Å². The highest BCUT2D eigenvalue weighted by molar-refractivity contribution is 6.01. The Morgan fingerprint density at radius 2 is 1.76 bits per heavy atom. The lowest BCUT2D eigenvalue weighted by Gasteiger charge is -2.13. The third kappa shape index (κ3) is 4.27. The molecule has 4 aromatic rings. The maximum absolute atomic E-state index is 12.5. The number of carbonyl (C=O) groups is 1. The van der Waals surface area contributed by atoms with Crippen LogP contribution in [0.25, 0.3) is 11.6 Å². The highest BCUT2D eigenvalue weighted by atomic mass is 16.5. The predicted molar refractivity (Wildman–Crippen MR) is 107 cm³/mol. The van der Waals surface area contributed by atoms with Crippen LogP contribution in [0.5, 0.6) is 5.75 Å². The number of anilines is 2. The predicted octanol–water partition coefficient (Wildman–Crippen LogP) is 4.57. The quantitative estimate of drug-likeness (QED) is 0.500. The van der Waals surface area contributed by atoms with Gasteiger partial charge in [0.15, 0.2) is 5.76 Å². The van der Waals surface area contributed by atoms with E-state index < -0.39 is 0 Å². The molecule has 0 radical (unpaired) electrons. The van der Waals surface area contributed by atoms with E-state index in [1.54, 1.807) is 43.7 Å². The average Bonchev–Trinajstić information content (AvgIpc) is 3.42. The first-order valence-electron chi connectivity index (χ1n) is 8.88. The number of benzene rings is 2. The lowest BCUT2D eigenvalue weighted by Crippen LogP contribution is -2.20. The van der Waals surface area contributed by atoms with Gasteiger partial charge in [-0.2, -0.15) is 4.98 Å². The lowest BCUT2D eigenvalue weighted by molar-refractivity contribution is 0.262. The van der Waals surface area contributed by atoms with Gasteiger partial charge >= 0.3 is 6.03 Å². The number of methoxy groups -OCH3 is 1. The lowest BCUT2D eigenvalue weighted by atomic mass is 10.1. The number of nitrogens with one attached hydrogen (secondary N) is 2. The van der Waals surface area contributed by atoms with Gasteiger partial charge in [0, 0.05) is 5.69 Å². The summed E-state index contributed by atoms with van der Waals surface area (Å²) < 4.78 is 15.8. The van der Waals surface area contributed by atoms with E-state index in [0.717, 1.165) is 5.56 Å². The molecule has 0 aliphatic carbocycles. The van der Waals surface area contributed by atoms with E-state index in [1.165, 1.54) is 0 Å². The Morgan fingerprint density at radius 1 is 1.00 bits per heavy atom. The molecule has 29 heavy (non-hydrogen) atoms. The number of carbonyl (C=O) groups excluding carboxylic acids is 1. The number of furan rings is 1. The van der Waals surface area contributed by atoms with E-state index in [-0.39, 0.29) is 6.03 Å². The van der Waals surface area contributed by atoms with Crippen molar-refractivity contribution in [1.29, 1.82) is 0 Å². The molecule has 0 spiro atoms. The van der Waals surface area contributed by atoms with Crippen molar-refractivity contribution in [1.82, 2.24) is 10.1 Å². The standard InChI is InChI=1S/C21H18N4O4/c1-27-17-10-5-4-9-16(17)23-21(26)22-15-8-3-2-7-14(15)13-19-24-20(25-29-19)18-11-6-12-28-18/h2-12H,13H2,1H3,(H2,22,23,26). The fourth-order valence-corrected chi connectivity index (χ4v) is 2.82. The second kappa shape index (κ2) is 8.30. The Hall–Kier alpha value is -4.07. The van der Waals surface area contributed by atoms with Gasteiger partial charge in [-0.25, -0.2) is 4.79 Å². The van der Waals surface area contributed by atoms with Crippen molar-refractivity contribution in [3.8, 4) is 17.3 Å². The zero-order valence-electron chi connectivity index (χ0n) is 15.6. The Bertz CT molecular complexity index is 1110. The van der Waals surface area contributed by atoms with Gasteiger partial charge in [0.2, 0.25) is 11.7 Å². The van der Waals surface area contributed by atoms with Crippen LogP contribution < -0.4 is 15.4 Å². The summed E-state index contributed by atoms with van der Waals surface area (Å²) in [7, 11) is 1.55. The molecular weight excluding hydrogens is 372 g/mol. The number of hydrogen-bond acceptors (Lipinski definition) is 6. The molecule has 0 saturated carbocycles. The SMILES string of the molecule is COc1ccccc1NC(=O)Nc1ccccc1Cc1nc(-c2ccco2)no1. The molecule has 2 aromatic heterocycles. The first-order chi connectivity index (χ1) is 14.2. The van der Waals surface area contributed by atoms with Crippen LogP contribution >= 0.6 is 0 Å². The number of amides is 2. The minimum atomic E-state index is -0.385. The van der Waals surface area contributed by atoms with E-state index in [4.69, 9.17) is 13.7 Å². The minimum absolute atomic E-state index is 0.360. The van der Waals surface area contributed by atoms with Crippen LogP contribution in [0.2, 0.25) is 0 Å². The van der Waals surface area contributed by atoms with Crippen LogP contribution in [0.3, 0.4) is 0 Å². The molecule has 0 unspecified atom stereocenters. The van der Waals surface area contributed by atoms with Gasteiger partial charge < -0.3 is 24.3 Å². The highest BCUT2D eigenvalue weighted by Crippen LogP contribution is 2.24. The average molecular weight is 390 g/mol. The van der Waals surface area contributed by atoms with Gasteiger partial charge in [-0.1, -0.05) is 35.5 Å². The normalized spacial score (nSPS) is 10.5. The summed E-state index contributed by atoms with van der Waals surface area (Å²) in [4.78, 5) is 16.8. The van der Waals surface area contributed by atoms with Crippen molar-refractivity contribution in [2.24, 2.45) is 0 Å². The van der Waals surface area contributed by atoms with Gasteiger partial charge in [0.05, 0.1) is 25.5 Å². The summed E-state index contributed by atoms with van der Waals surface area (Å²) in [5.74, 6) is 1.90. The van der Waals surface area contributed by atoms with Crippen LogP contribution in [0.4, 0.5) is 16.2 Å². The van der Waals surface area contributed by atoms with Gasteiger partial charge in [-0.05, 0) is 35.9 Å². The minimum Gasteiger partial charge on any atom is -0.495 e. The monoisotopic (exact) mass is 390 g/mol. The summed E-state index contributed by atoms with van der Waals surface area (Å²) in [5, 5.41) is 9.56. The van der Waals surface area contributed by atoms with Crippen LogP contribution in [0.1, 0.15) is 11.5 Å². The topological polar surface area (TPSA) is 102 Å². The van der Waals surface area contributed by atoms with Crippen LogP contribution in [0, 0.1) is 0 Å². The number of aromatic nitrogens is 2. The van der Waals surface area contributed by atoms with Crippen molar-refractivity contribution in [3.63, 3.8) is 0 Å². The van der Waals surface area contributed by atoms with E-state index in [1.807, 2.05) is 30.3 Å². The van der Waals surface area contributed by atoms with Gasteiger partial charge in [-0.15, -0.1) is 0 Å². The maximum Gasteiger partial charge on any atom is 0.323 e. The van der Waals surface area contributed by atoms with Crippen molar-refractivity contribution in [2.75, 3.05) is 17.7 Å². The van der Waals surface area contributed by atoms with Gasteiger partial charge in [0.25, 0.3) is 0 Å². The zero-order chi connectivity index (χ0) is 20.1. The first-order valence-corrected chi connectivity index (χ1v) is 8.88. The fourth-order valence-electron chi connectivity index (χ4n) is 2.82. The van der Waals surface area contributed by atoms with Crippen molar-refractivity contribution in [2.45, 2.75) is 6.42 Å². The number of para-hydroxylation sites is 3. The van der Waals surface area contributed by atoms with Crippen LogP contribution in [-0.2, 0) is 6.42 Å². The number of rotatable bonds is 6. The number of urea groups is 1. The molecule has 2 amide bonds. The fraction of sp³-hybridized carbons (Fsp3) is 0.0952. The Kier molecular flexibility index (Phi) is 5.24. The van der Waals surface area contributed by atoms with E-state index >= 15 is 0 Å². The smallest absolute Gasteiger partial charge is 0.323 e. The molecule has 2 aromatic carbocycles. The molecule has 0 saturated heterocycles. The van der Waals surface area contributed by atoms with E-state index in [9.17, 15) is 4.79 Å². The summed E-state index contributed by atoms with van der Waals surface area (Å²) in [6.07, 6.45) is 1.91. The molecule has 2 heterocycles. The maximum atomic E-state index is 12.5. The summed E-state index contributed by atoms with van der Waals surface area (Å²) in [5.41, 5.74) is 2.04. The molecule has 0 aliphatic rings. The third-order valence-electron chi connectivity index (χ3n) is 4.17. The van der Waals surface area contributed by atoms with Gasteiger partial charge in [-0.3, -0.25) is 0 Å². The second-order valence-corrected chi connectivity index (χ2v) is 6.10. The number of nitrogens with zero attached hydrogens (tertiary/aromatic N) is 2. The van der Waals surface area contributed by atoms with E-state index in [2.05, 4.69) is 20.8 Å². The summed E-state index contributed by atoms with van der Waals surface area (Å²) in [6, 6.07) is 17.7. The van der Waals surface area contributed by atoms with Crippen molar-refractivity contribution < 1.29 is 18.5 Å². The third-order valence-corrected chi connectivity index (χ3v) is 4.17. The molecular formula is C21H18N4O4. The molecule has 2 N–H and O–H groups in total. The summed E-state index contributed by atoms with van der Waals surface area (Å²) >= 11 is 0. The summed E-state index contributed by atoms with van der Waals surface area (Å²) in [6.45, 7) is 0. The molecule has 8 heteroatoms. The molecule has 0 atom stereocenters. The Balaban J connectivity index is 1.48. The van der Waals surface area contributed by atoms with E-state index in [0.29, 0.717) is 41.0 Å². The molecule has 146 valence electrons. The van der Waals surface area contributed by atoms with Crippen molar-refractivity contribution >= 4 is 17.4 Å². The van der Waals surface area contributed by atoms with Crippen molar-refractivity contribution in [3.05, 3.63) is 78.4 Å². The number of ether oxygens (including phenoxy) is 1. The number of hydrogen-bond donors (Lipinski definition) is 2. The zero-order valence-corrected chi connectivity index (χ0v) is 15.6. The molecule has 8 nitrogen and oxygen atoms in total. The molecule has 0 fully saturated rings. The van der Waals surface area contributed by atoms with Crippen LogP contribution in [-0.4, -0.2) is 23.3 Å². The Morgan fingerprint density at radius 3 is 2.55 bits per heavy atom. The molecule has 0 aliphatic heterocycles. The highest BCUT2D eigenvalue weighted by Gasteiger charge is 2.14. The molecule has 0 bridgehead atoms.